The van der Waals surface area contributed by atoms with Crippen molar-refractivity contribution in [1.29, 1.82) is 0 Å². The molecule has 6 nitrogen and oxygen atoms in total. The number of aryl methyl sites for hydroxylation is 2. The molecule has 0 aromatic heterocycles. The van der Waals surface area contributed by atoms with Crippen molar-refractivity contribution in [3.05, 3.63) is 47.5 Å². The molecule has 1 saturated heterocycles. The Morgan fingerprint density at radius 2 is 1.81 bits per heavy atom. The van der Waals surface area contributed by atoms with Crippen molar-refractivity contribution in [1.82, 2.24) is 0 Å². The molecule has 0 spiro atoms. The Kier molecular flexibility index (Phi) is 4.84. The summed E-state index contributed by atoms with van der Waals surface area (Å²) in [6.07, 6.45) is 0.0986. The van der Waals surface area contributed by atoms with Gasteiger partial charge in [-0.15, -0.1) is 0 Å². The Morgan fingerprint density at radius 3 is 2.50 bits per heavy atom. The second-order valence-electron chi connectivity index (χ2n) is 6.32. The van der Waals surface area contributed by atoms with Crippen LogP contribution in [0.5, 0.6) is 11.5 Å². The Balaban J connectivity index is 1.87. The molecule has 0 radical (unpaired) electrons. The molecule has 26 heavy (non-hydrogen) atoms. The van der Waals surface area contributed by atoms with E-state index in [1.807, 2.05) is 32.0 Å². The number of carbonyl (C=O) groups excluding carboxylic acids is 2. The molecule has 2 amide bonds. The van der Waals surface area contributed by atoms with Crippen LogP contribution < -0.4 is 19.7 Å². The Morgan fingerprint density at radius 1 is 1.04 bits per heavy atom. The summed E-state index contributed by atoms with van der Waals surface area (Å²) in [7, 11) is 3.12. The fourth-order valence-electron chi connectivity index (χ4n) is 3.06. The van der Waals surface area contributed by atoms with Gasteiger partial charge in [-0.1, -0.05) is 12.1 Å². The van der Waals surface area contributed by atoms with Crippen LogP contribution in [0.4, 0.5) is 11.4 Å². The molecule has 0 saturated carbocycles. The van der Waals surface area contributed by atoms with E-state index in [0.717, 1.165) is 11.1 Å². The second kappa shape index (κ2) is 7.07. The largest absolute Gasteiger partial charge is 0.497 e. The summed E-state index contributed by atoms with van der Waals surface area (Å²) in [5.41, 5.74) is 3.17. The maximum Gasteiger partial charge on any atom is 0.256 e. The third-order valence-corrected chi connectivity index (χ3v) is 4.49. The molecule has 1 heterocycles. The van der Waals surface area contributed by atoms with E-state index < -0.39 is 6.04 Å². The highest BCUT2D eigenvalue weighted by Crippen LogP contribution is 2.33. The minimum atomic E-state index is -0.635. The molecule has 6 heteroatoms. The van der Waals surface area contributed by atoms with Gasteiger partial charge in [0.25, 0.3) is 5.91 Å². The summed E-state index contributed by atoms with van der Waals surface area (Å²) < 4.78 is 10.5. The first-order valence-electron chi connectivity index (χ1n) is 8.37. The van der Waals surface area contributed by atoms with Gasteiger partial charge < -0.3 is 14.8 Å². The number of rotatable bonds is 5. The molecule has 1 aliphatic heterocycles. The van der Waals surface area contributed by atoms with Crippen LogP contribution in [-0.2, 0) is 9.59 Å². The third-order valence-electron chi connectivity index (χ3n) is 4.49. The number of hydrogen-bond donors (Lipinski definition) is 1. The molecular formula is C20H22N2O4. The van der Waals surface area contributed by atoms with Crippen LogP contribution in [0, 0.1) is 13.8 Å². The fourth-order valence-corrected chi connectivity index (χ4v) is 3.06. The van der Waals surface area contributed by atoms with E-state index >= 15 is 0 Å². The Labute approximate surface area is 152 Å². The highest BCUT2D eigenvalue weighted by molar-refractivity contribution is 6.23. The van der Waals surface area contributed by atoms with Gasteiger partial charge in [-0.2, -0.15) is 0 Å². The van der Waals surface area contributed by atoms with E-state index in [0.29, 0.717) is 22.9 Å². The van der Waals surface area contributed by atoms with E-state index in [4.69, 9.17) is 9.47 Å². The number of ether oxygens (including phenoxy) is 2. The van der Waals surface area contributed by atoms with Crippen molar-refractivity contribution in [3.63, 3.8) is 0 Å². The predicted molar refractivity (Wildman–Crippen MR) is 100.0 cm³/mol. The van der Waals surface area contributed by atoms with E-state index in [2.05, 4.69) is 5.32 Å². The summed E-state index contributed by atoms with van der Waals surface area (Å²) in [5.74, 6) is 0.725. The number of methoxy groups -OCH3 is 2. The monoisotopic (exact) mass is 354 g/mol. The van der Waals surface area contributed by atoms with Gasteiger partial charge in [0.1, 0.15) is 17.5 Å². The number of nitrogens with zero attached hydrogens (tertiary/aromatic N) is 1. The summed E-state index contributed by atoms with van der Waals surface area (Å²) >= 11 is 0. The maximum atomic E-state index is 12.9. The lowest BCUT2D eigenvalue weighted by molar-refractivity contribution is -0.121. The molecule has 1 N–H and O–H groups in total. The normalized spacial score (nSPS) is 16.8. The van der Waals surface area contributed by atoms with Gasteiger partial charge in [0.05, 0.1) is 32.0 Å². The van der Waals surface area contributed by atoms with E-state index in [9.17, 15) is 9.59 Å². The molecular weight excluding hydrogens is 332 g/mol. The van der Waals surface area contributed by atoms with E-state index in [1.165, 1.54) is 4.90 Å². The van der Waals surface area contributed by atoms with Crippen LogP contribution in [0.1, 0.15) is 17.5 Å². The van der Waals surface area contributed by atoms with Crippen LogP contribution in [0.3, 0.4) is 0 Å². The zero-order valence-corrected chi connectivity index (χ0v) is 15.3. The van der Waals surface area contributed by atoms with Crippen molar-refractivity contribution in [2.45, 2.75) is 26.3 Å². The summed E-state index contributed by atoms with van der Waals surface area (Å²) in [6, 6.07) is 10.4. The lowest BCUT2D eigenvalue weighted by Crippen LogP contribution is -2.35. The van der Waals surface area contributed by atoms with Gasteiger partial charge in [0.2, 0.25) is 5.91 Å². The average Bonchev–Trinajstić information content (AvgIpc) is 2.91. The fraction of sp³-hybridized carbons (Fsp3) is 0.300. The first-order valence-corrected chi connectivity index (χ1v) is 8.37. The number of imide groups is 1. The third kappa shape index (κ3) is 3.22. The molecule has 0 bridgehead atoms. The smallest absolute Gasteiger partial charge is 0.256 e. The van der Waals surface area contributed by atoms with Crippen molar-refractivity contribution in [2.75, 3.05) is 24.4 Å². The van der Waals surface area contributed by atoms with Gasteiger partial charge in [-0.25, -0.2) is 4.90 Å². The van der Waals surface area contributed by atoms with Crippen LogP contribution in [0.2, 0.25) is 0 Å². The summed E-state index contributed by atoms with van der Waals surface area (Å²) in [5, 5.41) is 3.13. The van der Waals surface area contributed by atoms with Gasteiger partial charge in [0, 0.05) is 6.07 Å². The Bertz CT molecular complexity index is 863. The van der Waals surface area contributed by atoms with Crippen LogP contribution in [0.25, 0.3) is 0 Å². The zero-order valence-electron chi connectivity index (χ0n) is 15.3. The molecule has 2 aromatic carbocycles. The number of carbonyl (C=O) groups is 2. The molecule has 1 aliphatic rings. The molecule has 136 valence electrons. The van der Waals surface area contributed by atoms with Crippen LogP contribution in [0.15, 0.2) is 36.4 Å². The number of amides is 2. The highest BCUT2D eigenvalue weighted by atomic mass is 16.5. The quantitative estimate of drug-likeness (QED) is 0.836. The number of nitrogens with one attached hydrogen (secondary N) is 1. The molecule has 3 rings (SSSR count). The molecule has 1 atom stereocenters. The number of hydrogen-bond acceptors (Lipinski definition) is 5. The minimum absolute atomic E-state index is 0.0986. The van der Waals surface area contributed by atoms with Gasteiger partial charge in [-0.3, -0.25) is 9.59 Å². The van der Waals surface area contributed by atoms with Gasteiger partial charge in [0.15, 0.2) is 0 Å². The Hall–Kier alpha value is -3.02. The number of benzene rings is 2. The van der Waals surface area contributed by atoms with Crippen molar-refractivity contribution < 1.29 is 19.1 Å². The molecule has 1 fully saturated rings. The first-order chi connectivity index (χ1) is 12.4. The summed E-state index contributed by atoms with van der Waals surface area (Å²) in [6.45, 7) is 3.83. The minimum Gasteiger partial charge on any atom is -0.497 e. The SMILES string of the molecule is COc1ccc(NC2CC(=O)N(c3cc(C)ccc3C)C2=O)c(OC)c1. The summed E-state index contributed by atoms with van der Waals surface area (Å²) in [4.78, 5) is 26.7. The van der Waals surface area contributed by atoms with Crippen molar-refractivity contribution >= 4 is 23.2 Å². The van der Waals surface area contributed by atoms with E-state index in [-0.39, 0.29) is 18.2 Å². The predicted octanol–water partition coefficient (Wildman–Crippen LogP) is 3.06. The second-order valence-corrected chi connectivity index (χ2v) is 6.32. The average molecular weight is 354 g/mol. The standard InChI is InChI=1S/C20H22N2O4/c1-12-5-6-13(2)17(9-12)22-19(23)11-16(20(22)24)21-15-8-7-14(25-3)10-18(15)26-4/h5-10,16,21H,11H2,1-4H3. The zero-order chi connectivity index (χ0) is 18.8. The van der Waals surface area contributed by atoms with Crippen LogP contribution >= 0.6 is 0 Å². The number of anilines is 2. The first kappa shape index (κ1) is 17.8. The molecule has 1 unspecified atom stereocenters. The lowest BCUT2D eigenvalue weighted by atomic mass is 10.1. The van der Waals surface area contributed by atoms with E-state index in [1.54, 1.807) is 32.4 Å². The van der Waals surface area contributed by atoms with Gasteiger partial charge in [-0.05, 0) is 43.2 Å². The highest BCUT2D eigenvalue weighted by Gasteiger charge is 2.40. The lowest BCUT2D eigenvalue weighted by Gasteiger charge is -2.19. The van der Waals surface area contributed by atoms with Crippen LogP contribution in [-0.4, -0.2) is 32.1 Å². The topological polar surface area (TPSA) is 67.9 Å². The van der Waals surface area contributed by atoms with Crippen molar-refractivity contribution in [2.24, 2.45) is 0 Å². The molecule has 2 aromatic rings. The molecule has 0 aliphatic carbocycles. The maximum absolute atomic E-state index is 12.9. The van der Waals surface area contributed by atoms with Crippen molar-refractivity contribution in [3.8, 4) is 11.5 Å². The van der Waals surface area contributed by atoms with Gasteiger partial charge >= 0.3 is 0 Å².